The van der Waals surface area contributed by atoms with E-state index in [4.69, 9.17) is 10.2 Å². The zero-order valence-electron chi connectivity index (χ0n) is 10.2. The van der Waals surface area contributed by atoms with Crippen molar-refractivity contribution in [2.24, 2.45) is 0 Å². The first-order chi connectivity index (χ1) is 7.86. The number of hydrogen-bond acceptors (Lipinski definition) is 4. The maximum atomic E-state index is 12.0. The third kappa shape index (κ3) is 5.44. The van der Waals surface area contributed by atoms with E-state index in [9.17, 15) is 13.2 Å². The van der Waals surface area contributed by atoms with Crippen molar-refractivity contribution in [2.45, 2.75) is 19.8 Å². The van der Waals surface area contributed by atoms with Crippen LogP contribution in [0.2, 0.25) is 0 Å². The van der Waals surface area contributed by atoms with Crippen molar-refractivity contribution in [3.63, 3.8) is 0 Å². The van der Waals surface area contributed by atoms with Crippen molar-refractivity contribution in [1.82, 2.24) is 8.61 Å². The molecule has 0 unspecified atom stereocenters. The number of carboxylic acids is 1. The molecule has 0 saturated carbocycles. The lowest BCUT2D eigenvalue weighted by molar-refractivity contribution is -0.137. The van der Waals surface area contributed by atoms with Crippen molar-refractivity contribution in [1.29, 1.82) is 0 Å². The van der Waals surface area contributed by atoms with E-state index in [1.54, 1.807) is 0 Å². The average Bonchev–Trinajstić information content (AvgIpc) is 2.25. The third-order valence-electron chi connectivity index (χ3n) is 2.18. The molecule has 0 aliphatic carbocycles. The first-order valence-electron chi connectivity index (χ1n) is 5.40. The molecule has 0 amide bonds. The van der Waals surface area contributed by atoms with Crippen LogP contribution in [0.3, 0.4) is 0 Å². The number of aliphatic hydroxyl groups excluding tert-OH is 1. The molecule has 0 heterocycles. The van der Waals surface area contributed by atoms with E-state index in [2.05, 4.69) is 0 Å². The first kappa shape index (κ1) is 16.3. The number of hydrogen-bond donors (Lipinski definition) is 2. The summed E-state index contributed by atoms with van der Waals surface area (Å²) in [6.07, 6.45) is 0.390. The van der Waals surface area contributed by atoms with Gasteiger partial charge in [0.25, 0.3) is 10.2 Å². The van der Waals surface area contributed by atoms with E-state index >= 15 is 0 Å². The predicted octanol–water partition coefficient (Wildman–Crippen LogP) is -0.658. The molecule has 0 aliphatic rings. The number of nitrogens with zero attached hydrogens (tertiary/aromatic N) is 2. The highest BCUT2D eigenvalue weighted by Gasteiger charge is 2.25. The van der Waals surface area contributed by atoms with Gasteiger partial charge in [0.15, 0.2) is 0 Å². The van der Waals surface area contributed by atoms with Gasteiger partial charge in [-0.15, -0.1) is 0 Å². The van der Waals surface area contributed by atoms with Gasteiger partial charge in [0.1, 0.15) is 0 Å². The molecule has 0 aromatic rings. The van der Waals surface area contributed by atoms with Gasteiger partial charge in [0.2, 0.25) is 0 Å². The Morgan fingerprint density at radius 1 is 1.24 bits per heavy atom. The highest BCUT2D eigenvalue weighted by molar-refractivity contribution is 7.86. The summed E-state index contributed by atoms with van der Waals surface area (Å²) in [6.45, 7) is 1.82. The Hall–Kier alpha value is -0.700. The van der Waals surface area contributed by atoms with Crippen LogP contribution in [0, 0.1) is 0 Å². The molecule has 0 aliphatic heterocycles. The van der Waals surface area contributed by atoms with Crippen molar-refractivity contribution >= 4 is 16.2 Å². The Morgan fingerprint density at radius 2 is 1.82 bits per heavy atom. The molecule has 0 fully saturated rings. The number of rotatable bonds is 9. The number of carbonyl (C=O) groups is 1. The van der Waals surface area contributed by atoms with Gasteiger partial charge in [-0.2, -0.15) is 17.0 Å². The monoisotopic (exact) mass is 268 g/mol. The van der Waals surface area contributed by atoms with Crippen LogP contribution in [-0.4, -0.2) is 66.5 Å². The quantitative estimate of drug-likeness (QED) is 0.578. The predicted molar refractivity (Wildman–Crippen MR) is 62.8 cm³/mol. The summed E-state index contributed by atoms with van der Waals surface area (Å²) in [7, 11) is -2.35. The summed E-state index contributed by atoms with van der Waals surface area (Å²) in [6, 6.07) is 0. The zero-order chi connectivity index (χ0) is 13.5. The van der Waals surface area contributed by atoms with Crippen molar-refractivity contribution in [3.8, 4) is 0 Å². The Labute approximate surface area is 102 Å². The van der Waals surface area contributed by atoms with E-state index in [1.807, 2.05) is 6.92 Å². The van der Waals surface area contributed by atoms with Gasteiger partial charge in [-0.25, -0.2) is 0 Å². The molecular formula is C9H20N2O5S. The molecule has 7 nitrogen and oxygen atoms in total. The number of aliphatic carboxylic acids is 1. The zero-order valence-corrected chi connectivity index (χ0v) is 11.0. The van der Waals surface area contributed by atoms with Crippen LogP contribution >= 0.6 is 0 Å². The lowest BCUT2D eigenvalue weighted by Gasteiger charge is -2.26. The molecule has 102 valence electrons. The Balaban J connectivity index is 4.63. The lowest BCUT2D eigenvalue weighted by Crippen LogP contribution is -2.44. The summed E-state index contributed by atoms with van der Waals surface area (Å²) in [4.78, 5) is 10.4. The normalized spacial score (nSPS) is 12.3. The molecule has 0 radical (unpaired) electrons. The van der Waals surface area contributed by atoms with Gasteiger partial charge in [-0.3, -0.25) is 4.79 Å². The van der Waals surface area contributed by atoms with Gasteiger partial charge in [-0.05, 0) is 6.42 Å². The lowest BCUT2D eigenvalue weighted by atomic mass is 10.4. The summed E-state index contributed by atoms with van der Waals surface area (Å²) in [5.41, 5.74) is 0. The second kappa shape index (κ2) is 7.59. The Morgan fingerprint density at radius 3 is 2.24 bits per heavy atom. The fraction of sp³-hybridized carbons (Fsp3) is 0.889. The van der Waals surface area contributed by atoms with Crippen LogP contribution in [0.4, 0.5) is 0 Å². The highest BCUT2D eigenvalue weighted by Crippen LogP contribution is 2.07. The van der Waals surface area contributed by atoms with Crippen LogP contribution in [-0.2, 0) is 15.0 Å². The molecule has 0 rings (SSSR count). The maximum absolute atomic E-state index is 12.0. The minimum Gasteiger partial charge on any atom is -0.481 e. The molecular weight excluding hydrogens is 248 g/mol. The van der Waals surface area contributed by atoms with Crippen molar-refractivity contribution < 1.29 is 23.4 Å². The van der Waals surface area contributed by atoms with Gasteiger partial charge in [0.05, 0.1) is 13.0 Å². The van der Waals surface area contributed by atoms with Gasteiger partial charge in [0, 0.05) is 26.7 Å². The molecule has 17 heavy (non-hydrogen) atoms. The molecule has 0 spiro atoms. The second-order valence-electron chi connectivity index (χ2n) is 3.60. The molecule has 0 bridgehead atoms. The van der Waals surface area contributed by atoms with E-state index < -0.39 is 16.2 Å². The molecule has 8 heteroatoms. The molecule has 0 atom stereocenters. The first-order valence-corrected chi connectivity index (χ1v) is 6.80. The standard InChI is InChI=1S/C9H20N2O5S/c1-3-5-11(7-8-12)17(15,16)10(2)6-4-9(13)14/h12H,3-8H2,1-2H3,(H,13,14). The van der Waals surface area contributed by atoms with Crippen LogP contribution in [0.15, 0.2) is 0 Å². The van der Waals surface area contributed by atoms with Crippen molar-refractivity contribution in [2.75, 3.05) is 33.3 Å². The average molecular weight is 268 g/mol. The van der Waals surface area contributed by atoms with Crippen LogP contribution in [0.5, 0.6) is 0 Å². The molecule has 0 aromatic carbocycles. The summed E-state index contributed by atoms with van der Waals surface area (Å²) < 4.78 is 26.1. The van der Waals surface area contributed by atoms with E-state index in [1.165, 1.54) is 7.05 Å². The fourth-order valence-electron chi connectivity index (χ4n) is 1.27. The summed E-state index contributed by atoms with van der Waals surface area (Å²) in [5, 5.41) is 17.3. The van der Waals surface area contributed by atoms with E-state index in [-0.39, 0.29) is 26.1 Å². The van der Waals surface area contributed by atoms with Crippen LogP contribution in [0.25, 0.3) is 0 Å². The van der Waals surface area contributed by atoms with E-state index in [0.717, 1.165) is 8.61 Å². The number of aliphatic hydroxyl groups is 1. The van der Waals surface area contributed by atoms with Gasteiger partial charge < -0.3 is 10.2 Å². The van der Waals surface area contributed by atoms with Gasteiger partial charge in [-0.1, -0.05) is 6.92 Å². The SMILES string of the molecule is CCCN(CCO)S(=O)(=O)N(C)CCC(=O)O. The number of carboxylic acid groups (broad SMARTS) is 1. The van der Waals surface area contributed by atoms with Crippen LogP contribution in [0.1, 0.15) is 19.8 Å². The summed E-state index contributed by atoms with van der Waals surface area (Å²) in [5.74, 6) is -1.05. The molecule has 0 saturated heterocycles. The molecule has 2 N–H and O–H groups in total. The highest BCUT2D eigenvalue weighted by atomic mass is 32.2. The fourth-order valence-corrected chi connectivity index (χ4v) is 2.71. The van der Waals surface area contributed by atoms with E-state index in [0.29, 0.717) is 13.0 Å². The third-order valence-corrected chi connectivity index (χ3v) is 4.17. The Bertz CT molecular complexity index is 324. The van der Waals surface area contributed by atoms with Crippen LogP contribution < -0.4 is 0 Å². The maximum Gasteiger partial charge on any atom is 0.304 e. The Kier molecular flexibility index (Phi) is 7.28. The largest absolute Gasteiger partial charge is 0.481 e. The minimum absolute atomic E-state index is 0.0214. The molecule has 0 aromatic heterocycles. The smallest absolute Gasteiger partial charge is 0.304 e. The second-order valence-corrected chi connectivity index (χ2v) is 5.63. The van der Waals surface area contributed by atoms with Gasteiger partial charge >= 0.3 is 5.97 Å². The topological polar surface area (TPSA) is 98.2 Å². The van der Waals surface area contributed by atoms with Crippen molar-refractivity contribution in [3.05, 3.63) is 0 Å². The summed E-state index contributed by atoms with van der Waals surface area (Å²) >= 11 is 0. The minimum atomic E-state index is -3.68.